The van der Waals surface area contributed by atoms with Gasteiger partial charge in [-0.05, 0) is 19.1 Å². The molecule has 0 spiro atoms. The number of alkyl halides is 3. The van der Waals surface area contributed by atoms with Crippen LogP contribution in [0.15, 0.2) is 48.7 Å². The van der Waals surface area contributed by atoms with Gasteiger partial charge in [0.15, 0.2) is 12.5 Å². The molecule has 0 saturated heterocycles. The molecule has 2 aromatic rings. The van der Waals surface area contributed by atoms with Crippen molar-refractivity contribution in [2.75, 3.05) is 6.61 Å². The lowest BCUT2D eigenvalue weighted by atomic mass is 10.2. The Morgan fingerprint density at radius 1 is 1.26 bits per heavy atom. The average molecular weight is 384 g/mol. The fourth-order valence-corrected chi connectivity index (χ4v) is 2.02. The number of hydrogen-bond donors (Lipinski definition) is 0. The van der Waals surface area contributed by atoms with Gasteiger partial charge in [0.25, 0.3) is 0 Å². The molecule has 0 unspecified atom stereocenters. The summed E-state index contributed by atoms with van der Waals surface area (Å²) in [5, 5.41) is 4.02. The van der Waals surface area contributed by atoms with E-state index < -0.39 is 11.9 Å². The van der Waals surface area contributed by atoms with Crippen molar-refractivity contribution in [1.82, 2.24) is 9.78 Å². The van der Waals surface area contributed by atoms with Gasteiger partial charge in [-0.15, -0.1) is 0 Å². The zero-order chi connectivity index (χ0) is 19.9. The number of ketones is 1. The number of ether oxygens (including phenoxy) is 3. The minimum atomic E-state index is -4.64. The Hall–Kier alpha value is -2.97. The Morgan fingerprint density at radius 3 is 2.67 bits per heavy atom. The van der Waals surface area contributed by atoms with Gasteiger partial charge < -0.3 is 14.2 Å². The Bertz CT molecular complexity index is 800. The topological polar surface area (TPSA) is 62.6 Å². The zero-order valence-corrected chi connectivity index (χ0v) is 14.8. The van der Waals surface area contributed by atoms with E-state index in [-0.39, 0.29) is 24.9 Å². The molecule has 0 amide bonds. The van der Waals surface area contributed by atoms with E-state index in [1.54, 1.807) is 25.3 Å². The predicted molar refractivity (Wildman–Crippen MR) is 90.3 cm³/mol. The van der Waals surface area contributed by atoms with Crippen molar-refractivity contribution in [3.05, 3.63) is 54.2 Å². The van der Waals surface area contributed by atoms with Crippen molar-refractivity contribution < 1.29 is 32.2 Å². The predicted octanol–water partition coefficient (Wildman–Crippen LogP) is 4.33. The van der Waals surface area contributed by atoms with Crippen LogP contribution in [0.25, 0.3) is 0 Å². The fraction of sp³-hybridized carbons (Fsp3) is 0.333. The molecule has 1 heterocycles. The normalized spacial score (nSPS) is 12.0. The largest absolute Gasteiger partial charge is 0.487 e. The lowest BCUT2D eigenvalue weighted by Gasteiger charge is -2.12. The van der Waals surface area contributed by atoms with Crippen molar-refractivity contribution in [1.29, 1.82) is 0 Å². The molecule has 0 bridgehead atoms. The fourth-order valence-electron chi connectivity index (χ4n) is 2.02. The molecule has 0 N–H and O–H groups in total. The van der Waals surface area contributed by atoms with Crippen LogP contribution >= 0.6 is 0 Å². The van der Waals surface area contributed by atoms with Gasteiger partial charge in [-0.3, -0.25) is 4.79 Å². The molecule has 2 rings (SSSR count). The van der Waals surface area contributed by atoms with E-state index in [1.165, 1.54) is 29.9 Å². The number of carbonyl (C=O) groups is 1. The molecule has 9 heteroatoms. The second-order valence-corrected chi connectivity index (χ2v) is 5.32. The third-order valence-corrected chi connectivity index (χ3v) is 3.33. The van der Waals surface area contributed by atoms with Crippen LogP contribution in [-0.4, -0.2) is 28.3 Å². The smallest absolute Gasteiger partial charge is 0.452 e. The third kappa shape index (κ3) is 6.05. The summed E-state index contributed by atoms with van der Waals surface area (Å²) in [6.45, 7) is 3.10. The zero-order valence-electron chi connectivity index (χ0n) is 14.8. The van der Waals surface area contributed by atoms with Gasteiger partial charge in [0.1, 0.15) is 17.8 Å². The van der Waals surface area contributed by atoms with E-state index in [9.17, 15) is 18.0 Å². The first-order valence-electron chi connectivity index (χ1n) is 8.18. The SMILES string of the molecule is CCO/C(=C\Oc1cccc(OCn2cc(C(=O)CC)cn2)c1)C(F)(F)F. The quantitative estimate of drug-likeness (QED) is 0.476. The Morgan fingerprint density at radius 2 is 2.00 bits per heavy atom. The van der Waals surface area contributed by atoms with Crippen molar-refractivity contribution in [2.24, 2.45) is 0 Å². The van der Waals surface area contributed by atoms with Crippen LogP contribution in [0, 0.1) is 0 Å². The minimum Gasteiger partial charge on any atom is -0.487 e. The van der Waals surface area contributed by atoms with E-state index in [0.717, 1.165) is 0 Å². The highest BCUT2D eigenvalue weighted by atomic mass is 19.4. The number of Topliss-reactive ketones (excluding diaryl/α,β-unsaturated/α-hetero) is 1. The first-order valence-corrected chi connectivity index (χ1v) is 8.18. The van der Waals surface area contributed by atoms with Gasteiger partial charge in [-0.25, -0.2) is 4.68 Å². The number of halogens is 3. The van der Waals surface area contributed by atoms with Gasteiger partial charge in [-0.1, -0.05) is 13.0 Å². The molecular weight excluding hydrogens is 365 g/mol. The highest BCUT2D eigenvalue weighted by Gasteiger charge is 2.36. The number of carbonyl (C=O) groups excluding carboxylic acids is 1. The first-order chi connectivity index (χ1) is 12.8. The van der Waals surface area contributed by atoms with E-state index in [0.29, 0.717) is 24.0 Å². The number of hydrogen-bond acceptors (Lipinski definition) is 5. The van der Waals surface area contributed by atoms with Crippen LogP contribution in [0.3, 0.4) is 0 Å². The number of aromatic nitrogens is 2. The molecule has 146 valence electrons. The van der Waals surface area contributed by atoms with E-state index in [4.69, 9.17) is 9.47 Å². The van der Waals surface area contributed by atoms with Crippen molar-refractivity contribution in [2.45, 2.75) is 33.2 Å². The van der Waals surface area contributed by atoms with Crippen molar-refractivity contribution in [3.63, 3.8) is 0 Å². The molecule has 0 aliphatic heterocycles. The molecule has 27 heavy (non-hydrogen) atoms. The second-order valence-electron chi connectivity index (χ2n) is 5.32. The molecule has 6 nitrogen and oxygen atoms in total. The van der Waals surface area contributed by atoms with Crippen LogP contribution < -0.4 is 9.47 Å². The Kier molecular flexibility index (Phi) is 6.86. The maximum Gasteiger partial charge on any atom is 0.452 e. The van der Waals surface area contributed by atoms with Crippen LogP contribution in [0.4, 0.5) is 13.2 Å². The van der Waals surface area contributed by atoms with Crippen LogP contribution in [0.5, 0.6) is 11.5 Å². The highest BCUT2D eigenvalue weighted by molar-refractivity contribution is 5.95. The van der Waals surface area contributed by atoms with E-state index in [1.807, 2.05) is 0 Å². The lowest BCUT2D eigenvalue weighted by molar-refractivity contribution is -0.132. The van der Waals surface area contributed by atoms with Gasteiger partial charge in [-0.2, -0.15) is 18.3 Å². The van der Waals surface area contributed by atoms with Gasteiger partial charge in [0, 0.05) is 18.7 Å². The molecule has 0 atom stereocenters. The molecule has 0 radical (unpaired) electrons. The standard InChI is InChI=1S/C18H19F3N2O4/c1-3-16(24)13-9-22-23(10-13)12-27-15-7-5-6-14(8-15)26-11-17(25-4-2)18(19,20)21/h5-11H,3-4,12H2,1-2H3/b17-11-. The Labute approximate surface area is 154 Å². The monoisotopic (exact) mass is 384 g/mol. The Balaban J connectivity index is 2.00. The summed E-state index contributed by atoms with van der Waals surface area (Å²) in [6.07, 6.45) is -0.740. The molecule has 1 aromatic carbocycles. The summed E-state index contributed by atoms with van der Waals surface area (Å²) in [5.41, 5.74) is 0.485. The maximum absolute atomic E-state index is 12.8. The number of benzene rings is 1. The van der Waals surface area contributed by atoms with Gasteiger partial charge in [0.2, 0.25) is 5.76 Å². The number of rotatable bonds is 9. The molecule has 1 aromatic heterocycles. The maximum atomic E-state index is 12.8. The third-order valence-electron chi connectivity index (χ3n) is 3.33. The van der Waals surface area contributed by atoms with Gasteiger partial charge >= 0.3 is 6.18 Å². The van der Waals surface area contributed by atoms with Crippen molar-refractivity contribution in [3.8, 4) is 11.5 Å². The summed E-state index contributed by atoms with van der Waals surface area (Å²) < 4.78 is 54.8. The summed E-state index contributed by atoms with van der Waals surface area (Å²) in [5.74, 6) is -0.736. The summed E-state index contributed by atoms with van der Waals surface area (Å²) in [4.78, 5) is 11.6. The van der Waals surface area contributed by atoms with Crippen molar-refractivity contribution >= 4 is 5.78 Å². The van der Waals surface area contributed by atoms with Crippen LogP contribution in [0.1, 0.15) is 30.6 Å². The second kappa shape index (κ2) is 9.11. The molecule has 0 aliphatic rings. The summed E-state index contributed by atoms with van der Waals surface area (Å²) in [6, 6.07) is 6.10. The van der Waals surface area contributed by atoms with Gasteiger partial charge in [0.05, 0.1) is 18.4 Å². The first kappa shape index (κ1) is 20.3. The number of allylic oxidation sites excluding steroid dienone is 1. The van der Waals surface area contributed by atoms with E-state index >= 15 is 0 Å². The van der Waals surface area contributed by atoms with E-state index in [2.05, 4.69) is 9.84 Å². The molecule has 0 fully saturated rings. The van der Waals surface area contributed by atoms with Crippen LogP contribution in [0.2, 0.25) is 0 Å². The summed E-state index contributed by atoms with van der Waals surface area (Å²) >= 11 is 0. The average Bonchev–Trinajstić information content (AvgIpc) is 3.11. The molecule has 0 aliphatic carbocycles. The van der Waals surface area contributed by atoms with Crippen LogP contribution in [-0.2, 0) is 11.5 Å². The molecular formula is C18H19F3N2O4. The minimum absolute atomic E-state index is 0.0294. The highest BCUT2D eigenvalue weighted by Crippen LogP contribution is 2.27. The molecule has 0 saturated carbocycles. The number of nitrogens with zero attached hydrogens (tertiary/aromatic N) is 2. The lowest BCUT2D eigenvalue weighted by Crippen LogP contribution is -2.15. The summed E-state index contributed by atoms with van der Waals surface area (Å²) in [7, 11) is 0.